The summed E-state index contributed by atoms with van der Waals surface area (Å²) in [5.74, 6) is 0.942. The summed E-state index contributed by atoms with van der Waals surface area (Å²) in [7, 11) is 0. The van der Waals surface area contributed by atoms with Gasteiger partial charge in [-0.2, -0.15) is 0 Å². The predicted molar refractivity (Wildman–Crippen MR) is 95.0 cm³/mol. The molecule has 24 heavy (non-hydrogen) atoms. The standard InChI is InChI=1S/C20H24N2O2/c1-13-7-6-10-21-17(13)16-9-5-8-14-11-15(24-18(14)16)12-22-19(23)20(2,3)4/h5-10,15H,11-12H2,1-4H3,(H,22,23). The SMILES string of the molecule is Cc1cccnc1-c1cccc2c1OC(CNC(=O)C(C)(C)C)C2. The third-order valence-electron chi connectivity index (χ3n) is 4.26. The number of pyridine rings is 1. The van der Waals surface area contributed by atoms with Crippen LogP contribution >= 0.6 is 0 Å². The van der Waals surface area contributed by atoms with Gasteiger partial charge in [0.1, 0.15) is 11.9 Å². The van der Waals surface area contributed by atoms with Crippen LogP contribution in [0.15, 0.2) is 36.5 Å². The molecule has 1 atom stereocenters. The van der Waals surface area contributed by atoms with Crippen molar-refractivity contribution in [2.75, 3.05) is 6.54 Å². The first-order valence-electron chi connectivity index (χ1n) is 8.35. The normalized spacial score (nSPS) is 16.4. The smallest absolute Gasteiger partial charge is 0.225 e. The first-order chi connectivity index (χ1) is 11.4. The Balaban J connectivity index is 1.78. The zero-order valence-corrected chi connectivity index (χ0v) is 14.7. The van der Waals surface area contributed by atoms with Crippen molar-refractivity contribution in [1.29, 1.82) is 0 Å². The maximum atomic E-state index is 12.1. The fraction of sp³-hybridized carbons (Fsp3) is 0.400. The molecule has 0 fully saturated rings. The van der Waals surface area contributed by atoms with Gasteiger partial charge in [0.2, 0.25) is 5.91 Å². The van der Waals surface area contributed by atoms with Crippen LogP contribution in [0.1, 0.15) is 31.9 Å². The molecule has 0 radical (unpaired) electrons. The molecule has 1 aromatic carbocycles. The average molecular weight is 324 g/mol. The van der Waals surface area contributed by atoms with Crippen LogP contribution in [-0.4, -0.2) is 23.5 Å². The van der Waals surface area contributed by atoms with Crippen molar-refractivity contribution >= 4 is 5.91 Å². The predicted octanol–water partition coefficient (Wildman–Crippen LogP) is 3.52. The zero-order chi connectivity index (χ0) is 17.3. The molecule has 1 aliphatic heterocycles. The van der Waals surface area contributed by atoms with Gasteiger partial charge in [0.05, 0.1) is 12.2 Å². The number of carbonyl (C=O) groups is 1. The first kappa shape index (κ1) is 16.5. The summed E-state index contributed by atoms with van der Waals surface area (Å²) in [5.41, 5.74) is 3.89. The number of aromatic nitrogens is 1. The van der Waals surface area contributed by atoms with Crippen molar-refractivity contribution in [3.8, 4) is 17.0 Å². The summed E-state index contributed by atoms with van der Waals surface area (Å²) in [4.78, 5) is 16.6. The molecule has 1 aliphatic rings. The lowest BCUT2D eigenvalue weighted by Gasteiger charge is -2.20. The van der Waals surface area contributed by atoms with Crippen molar-refractivity contribution in [2.45, 2.75) is 40.2 Å². The second-order valence-corrected chi connectivity index (χ2v) is 7.37. The third kappa shape index (κ3) is 3.28. The van der Waals surface area contributed by atoms with Crippen LogP contribution in [0.25, 0.3) is 11.3 Å². The van der Waals surface area contributed by atoms with E-state index >= 15 is 0 Å². The number of hydrogen-bond donors (Lipinski definition) is 1. The van der Waals surface area contributed by atoms with Gasteiger partial charge < -0.3 is 10.1 Å². The average Bonchev–Trinajstić information content (AvgIpc) is 2.95. The Hall–Kier alpha value is -2.36. The molecule has 0 saturated carbocycles. The number of ether oxygens (including phenoxy) is 1. The largest absolute Gasteiger partial charge is 0.487 e. The Morgan fingerprint density at radius 2 is 2.08 bits per heavy atom. The zero-order valence-electron chi connectivity index (χ0n) is 14.7. The van der Waals surface area contributed by atoms with Gasteiger partial charge in [0.15, 0.2) is 0 Å². The number of aryl methyl sites for hydroxylation is 1. The van der Waals surface area contributed by atoms with E-state index in [1.54, 1.807) is 6.20 Å². The number of carbonyl (C=O) groups excluding carboxylic acids is 1. The fourth-order valence-electron chi connectivity index (χ4n) is 2.88. The second kappa shape index (κ2) is 6.27. The van der Waals surface area contributed by atoms with E-state index in [0.717, 1.165) is 29.0 Å². The summed E-state index contributed by atoms with van der Waals surface area (Å²) in [6.45, 7) is 8.31. The number of para-hydroxylation sites is 1. The summed E-state index contributed by atoms with van der Waals surface area (Å²) in [5, 5.41) is 2.99. The van der Waals surface area contributed by atoms with Crippen LogP contribution in [0.5, 0.6) is 5.75 Å². The van der Waals surface area contributed by atoms with E-state index in [-0.39, 0.29) is 17.4 Å². The van der Waals surface area contributed by atoms with Crippen LogP contribution in [0.2, 0.25) is 0 Å². The lowest BCUT2D eigenvalue weighted by molar-refractivity contribution is -0.128. The quantitative estimate of drug-likeness (QED) is 0.940. The van der Waals surface area contributed by atoms with Crippen molar-refractivity contribution in [1.82, 2.24) is 10.3 Å². The van der Waals surface area contributed by atoms with E-state index in [4.69, 9.17) is 4.74 Å². The van der Waals surface area contributed by atoms with Gasteiger partial charge in [0, 0.05) is 23.6 Å². The number of hydrogen-bond acceptors (Lipinski definition) is 3. The summed E-state index contributed by atoms with van der Waals surface area (Å²) in [6.07, 6.45) is 2.58. The van der Waals surface area contributed by atoms with Gasteiger partial charge in [-0.3, -0.25) is 9.78 Å². The minimum Gasteiger partial charge on any atom is -0.487 e. The molecule has 4 nitrogen and oxygen atoms in total. The topological polar surface area (TPSA) is 51.2 Å². The van der Waals surface area contributed by atoms with Crippen LogP contribution in [0.3, 0.4) is 0 Å². The van der Waals surface area contributed by atoms with Crippen LogP contribution < -0.4 is 10.1 Å². The monoisotopic (exact) mass is 324 g/mol. The highest BCUT2D eigenvalue weighted by Gasteiger charge is 2.28. The van der Waals surface area contributed by atoms with Crippen molar-refractivity contribution in [3.05, 3.63) is 47.7 Å². The molecule has 0 aliphatic carbocycles. The number of benzene rings is 1. The van der Waals surface area contributed by atoms with E-state index in [1.807, 2.05) is 39.0 Å². The maximum absolute atomic E-state index is 12.1. The van der Waals surface area contributed by atoms with E-state index < -0.39 is 0 Å². The first-order valence-corrected chi connectivity index (χ1v) is 8.35. The molecule has 0 spiro atoms. The summed E-state index contributed by atoms with van der Waals surface area (Å²) >= 11 is 0. The highest BCUT2D eigenvalue weighted by molar-refractivity contribution is 5.81. The van der Waals surface area contributed by atoms with E-state index in [1.165, 1.54) is 5.56 Å². The minimum atomic E-state index is -0.387. The lowest BCUT2D eigenvalue weighted by Crippen LogP contribution is -2.40. The number of amides is 1. The van der Waals surface area contributed by atoms with Crippen molar-refractivity contribution < 1.29 is 9.53 Å². The molecule has 2 aromatic rings. The van der Waals surface area contributed by atoms with Crippen LogP contribution in [-0.2, 0) is 11.2 Å². The molecule has 0 bridgehead atoms. The van der Waals surface area contributed by atoms with E-state index in [9.17, 15) is 4.79 Å². The molecule has 2 heterocycles. The van der Waals surface area contributed by atoms with Crippen LogP contribution in [0.4, 0.5) is 0 Å². The van der Waals surface area contributed by atoms with E-state index in [2.05, 4.69) is 29.4 Å². The van der Waals surface area contributed by atoms with E-state index in [0.29, 0.717) is 6.54 Å². The van der Waals surface area contributed by atoms with Gasteiger partial charge >= 0.3 is 0 Å². The highest BCUT2D eigenvalue weighted by atomic mass is 16.5. The highest BCUT2D eigenvalue weighted by Crippen LogP contribution is 2.38. The molecular weight excluding hydrogens is 300 g/mol. The number of fused-ring (bicyclic) bond motifs is 1. The third-order valence-corrected chi connectivity index (χ3v) is 4.26. The molecule has 1 aromatic heterocycles. The molecule has 1 amide bonds. The molecular formula is C20H24N2O2. The number of nitrogens with zero attached hydrogens (tertiary/aromatic N) is 1. The minimum absolute atomic E-state index is 0.0310. The molecule has 1 N–H and O–H groups in total. The molecule has 4 heteroatoms. The molecule has 1 unspecified atom stereocenters. The Morgan fingerprint density at radius 3 is 2.79 bits per heavy atom. The van der Waals surface area contributed by atoms with Gasteiger partial charge in [-0.15, -0.1) is 0 Å². The second-order valence-electron chi connectivity index (χ2n) is 7.37. The molecule has 126 valence electrons. The van der Waals surface area contributed by atoms with Gasteiger partial charge in [-0.05, 0) is 30.2 Å². The van der Waals surface area contributed by atoms with Crippen LogP contribution in [0, 0.1) is 12.3 Å². The lowest BCUT2D eigenvalue weighted by atomic mass is 9.95. The Morgan fingerprint density at radius 1 is 1.29 bits per heavy atom. The Kier molecular flexibility index (Phi) is 4.31. The van der Waals surface area contributed by atoms with Gasteiger partial charge in [-0.25, -0.2) is 0 Å². The fourth-order valence-corrected chi connectivity index (χ4v) is 2.88. The number of nitrogens with one attached hydrogen (secondary N) is 1. The molecule has 0 saturated heterocycles. The van der Waals surface area contributed by atoms with Crippen molar-refractivity contribution in [2.24, 2.45) is 5.41 Å². The van der Waals surface area contributed by atoms with Crippen molar-refractivity contribution in [3.63, 3.8) is 0 Å². The Bertz CT molecular complexity index is 762. The molecule has 3 rings (SSSR count). The summed E-state index contributed by atoms with van der Waals surface area (Å²) < 4.78 is 6.16. The summed E-state index contributed by atoms with van der Waals surface area (Å²) in [6, 6.07) is 10.2. The number of rotatable bonds is 3. The van der Waals surface area contributed by atoms with Gasteiger partial charge in [-0.1, -0.05) is 39.0 Å². The maximum Gasteiger partial charge on any atom is 0.225 e. The Labute approximate surface area is 143 Å². The van der Waals surface area contributed by atoms with Gasteiger partial charge in [0.25, 0.3) is 0 Å².